The summed E-state index contributed by atoms with van der Waals surface area (Å²) in [4.78, 5) is 50.4. The second-order valence-electron chi connectivity index (χ2n) is 11.8. The Hall–Kier alpha value is -2.92. The molecule has 1 atom stereocenters. The molecule has 1 aromatic heterocycles. The third kappa shape index (κ3) is 7.32. The molecule has 206 valence electrons. The molecule has 2 amide bonds. The van der Waals surface area contributed by atoms with Crippen molar-refractivity contribution in [1.29, 1.82) is 0 Å². The van der Waals surface area contributed by atoms with E-state index in [1.54, 1.807) is 32.9 Å². The van der Waals surface area contributed by atoms with E-state index in [9.17, 15) is 14.4 Å². The lowest BCUT2D eigenvalue weighted by Crippen LogP contribution is -2.53. The first-order valence-electron chi connectivity index (χ1n) is 12.9. The maximum atomic E-state index is 13.5. The van der Waals surface area contributed by atoms with E-state index in [2.05, 4.69) is 20.1 Å². The Labute approximate surface area is 219 Å². The number of ether oxygens (including phenoxy) is 1. The van der Waals surface area contributed by atoms with Crippen LogP contribution >= 0.6 is 0 Å². The molecule has 1 aromatic rings. The first-order chi connectivity index (χ1) is 17.2. The minimum absolute atomic E-state index is 0.247. The van der Waals surface area contributed by atoms with Crippen molar-refractivity contribution < 1.29 is 24.0 Å². The van der Waals surface area contributed by atoms with Crippen LogP contribution in [0, 0.1) is 5.41 Å². The van der Waals surface area contributed by atoms with Crippen molar-refractivity contribution in [3.8, 4) is 0 Å². The Balaban J connectivity index is 1.87. The van der Waals surface area contributed by atoms with Gasteiger partial charge < -0.3 is 29.7 Å². The van der Waals surface area contributed by atoms with Crippen molar-refractivity contribution >= 4 is 23.5 Å². The van der Waals surface area contributed by atoms with Crippen LogP contribution in [0.5, 0.6) is 0 Å². The largest absolute Gasteiger partial charge is 0.528 e. The summed E-state index contributed by atoms with van der Waals surface area (Å²) in [7, 11) is 3.59. The van der Waals surface area contributed by atoms with Crippen LogP contribution in [-0.2, 0) is 27.5 Å². The summed E-state index contributed by atoms with van der Waals surface area (Å²) in [5, 5.41) is 7.14. The van der Waals surface area contributed by atoms with E-state index < -0.39 is 23.2 Å². The molecule has 0 unspecified atom stereocenters. The Morgan fingerprint density at radius 2 is 1.78 bits per heavy atom. The molecule has 37 heavy (non-hydrogen) atoms. The first kappa shape index (κ1) is 28.6. The molecule has 0 saturated heterocycles. The Bertz CT molecular complexity index is 1050. The highest BCUT2D eigenvalue weighted by Gasteiger charge is 2.35. The van der Waals surface area contributed by atoms with Gasteiger partial charge in [0.1, 0.15) is 17.5 Å². The number of carbonyl (C=O) groups is 3. The number of carbonyl (C=O) groups excluding carboxylic acids is 3. The van der Waals surface area contributed by atoms with Crippen molar-refractivity contribution in [1.82, 2.24) is 30.1 Å². The van der Waals surface area contributed by atoms with Gasteiger partial charge in [-0.05, 0) is 58.2 Å². The molecule has 11 nitrogen and oxygen atoms in total. The summed E-state index contributed by atoms with van der Waals surface area (Å²) in [5.74, 6) is 0.142. The third-order valence-corrected chi connectivity index (χ3v) is 6.33. The molecule has 2 aliphatic heterocycles. The molecule has 0 bridgehead atoms. The van der Waals surface area contributed by atoms with Crippen LogP contribution in [0.15, 0.2) is 6.08 Å². The van der Waals surface area contributed by atoms with Gasteiger partial charge in [-0.2, -0.15) is 0 Å². The Kier molecular flexibility index (Phi) is 8.69. The third-order valence-electron chi connectivity index (χ3n) is 6.33. The molecule has 0 saturated carbocycles. The number of nitrogens with zero attached hydrogens (tertiary/aromatic N) is 4. The second kappa shape index (κ2) is 11.2. The number of imidazole rings is 1. The number of hydrogen-bond donors (Lipinski definition) is 2. The lowest BCUT2D eigenvalue weighted by atomic mass is 9.86. The number of rotatable bonds is 5. The van der Waals surface area contributed by atoms with Crippen LogP contribution in [0.2, 0.25) is 0 Å². The Morgan fingerprint density at radius 1 is 1.08 bits per heavy atom. The molecule has 0 aliphatic carbocycles. The first-order valence-corrected chi connectivity index (χ1v) is 12.9. The Morgan fingerprint density at radius 3 is 2.35 bits per heavy atom. The van der Waals surface area contributed by atoms with Crippen LogP contribution in [0.1, 0.15) is 76.4 Å². The normalized spacial score (nSPS) is 18.2. The quantitative estimate of drug-likeness (QED) is 0.571. The van der Waals surface area contributed by atoms with Gasteiger partial charge in [-0.15, -0.1) is 5.06 Å². The molecule has 0 radical (unpaired) electrons. The van der Waals surface area contributed by atoms with Crippen LogP contribution in [-0.4, -0.2) is 82.9 Å². The van der Waals surface area contributed by atoms with Gasteiger partial charge in [0.25, 0.3) is 5.91 Å². The fourth-order valence-electron chi connectivity index (χ4n) is 4.48. The molecule has 2 aliphatic rings. The molecule has 3 heterocycles. The highest BCUT2D eigenvalue weighted by molar-refractivity contribution is 5.97. The van der Waals surface area contributed by atoms with Gasteiger partial charge in [0.15, 0.2) is 5.69 Å². The van der Waals surface area contributed by atoms with E-state index >= 15 is 0 Å². The summed E-state index contributed by atoms with van der Waals surface area (Å²) in [6, 6.07) is -0.707. The maximum absolute atomic E-state index is 13.5. The van der Waals surface area contributed by atoms with E-state index in [0.29, 0.717) is 31.7 Å². The highest BCUT2D eigenvalue weighted by Crippen LogP contribution is 2.28. The number of likely N-dealkylation sites (N-methyl/N-ethyl adjacent to an activating group) is 1. The lowest BCUT2D eigenvalue weighted by molar-refractivity contribution is -0.137. The zero-order valence-electron chi connectivity index (χ0n) is 23.4. The number of nitrogens with one attached hydrogen (secondary N) is 2. The average Bonchev–Trinajstić information content (AvgIpc) is 3.01. The van der Waals surface area contributed by atoms with Gasteiger partial charge >= 0.3 is 6.16 Å². The van der Waals surface area contributed by atoms with Crippen LogP contribution in [0.25, 0.3) is 5.57 Å². The molecule has 2 N–H and O–H groups in total. The highest BCUT2D eigenvalue weighted by atomic mass is 16.8. The van der Waals surface area contributed by atoms with E-state index in [4.69, 9.17) is 14.6 Å². The monoisotopic (exact) mass is 518 g/mol. The summed E-state index contributed by atoms with van der Waals surface area (Å²) in [5.41, 5.74) is 1.07. The van der Waals surface area contributed by atoms with E-state index in [1.165, 1.54) is 0 Å². The summed E-state index contributed by atoms with van der Waals surface area (Å²) < 4.78 is 7.37. The minimum atomic E-state index is -0.731. The van der Waals surface area contributed by atoms with Crippen molar-refractivity contribution in [3.63, 3.8) is 0 Å². The molecular formula is C26H42N6O5. The predicted octanol–water partition coefficient (Wildman–Crippen LogP) is 2.56. The number of fused-ring (bicyclic) bond motifs is 1. The molecular weight excluding hydrogens is 476 g/mol. The smallest absolute Gasteiger partial charge is 0.427 e. The zero-order chi connectivity index (χ0) is 27.5. The summed E-state index contributed by atoms with van der Waals surface area (Å²) in [6.07, 6.45) is 2.77. The maximum Gasteiger partial charge on any atom is 0.528 e. The number of hydroxylamine groups is 2. The fraction of sp³-hybridized carbons (Fsp3) is 0.692. The number of aromatic nitrogens is 2. The predicted molar refractivity (Wildman–Crippen MR) is 139 cm³/mol. The minimum Gasteiger partial charge on any atom is -0.427 e. The number of hydrogen-bond acceptors (Lipinski definition) is 8. The van der Waals surface area contributed by atoms with E-state index in [-0.39, 0.29) is 11.8 Å². The molecule has 11 heteroatoms. The van der Waals surface area contributed by atoms with Crippen LogP contribution in [0.3, 0.4) is 0 Å². The van der Waals surface area contributed by atoms with E-state index in [1.807, 2.05) is 33.9 Å². The van der Waals surface area contributed by atoms with Crippen molar-refractivity contribution in [2.75, 3.05) is 33.7 Å². The van der Waals surface area contributed by atoms with Crippen LogP contribution in [0.4, 0.5) is 4.79 Å². The lowest BCUT2D eigenvalue weighted by Gasteiger charge is -2.29. The molecule has 0 spiro atoms. The molecule has 0 fully saturated rings. The van der Waals surface area contributed by atoms with Gasteiger partial charge in [0.05, 0.1) is 12.2 Å². The fourth-order valence-corrected chi connectivity index (χ4v) is 4.48. The van der Waals surface area contributed by atoms with Gasteiger partial charge in [-0.1, -0.05) is 26.8 Å². The van der Waals surface area contributed by atoms with Crippen molar-refractivity contribution in [3.05, 3.63) is 23.3 Å². The van der Waals surface area contributed by atoms with Crippen LogP contribution < -0.4 is 10.6 Å². The average molecular weight is 519 g/mol. The second-order valence-corrected chi connectivity index (χ2v) is 11.8. The SMILES string of the molecule is CNC(=O)[C@@H](NC(=O)c1nc(C2=CCN(OC(=O)OC(C)(C)C)CC2)n2c1CN(C)CCC2)C(C)(C)C. The van der Waals surface area contributed by atoms with Gasteiger partial charge in [-0.3, -0.25) is 9.59 Å². The summed E-state index contributed by atoms with van der Waals surface area (Å²) >= 11 is 0. The molecule has 3 rings (SSSR count). The summed E-state index contributed by atoms with van der Waals surface area (Å²) in [6.45, 7) is 14.2. The standard InChI is InChI=1S/C26H42N6O5/c1-25(2,3)20(23(34)27-7)29-22(33)19-18-16-30(8)12-9-13-32(18)21(28-19)17-10-14-31(15-11-17)37-24(35)36-26(4,5)6/h10,20H,9,11-16H2,1-8H3,(H,27,34)(H,29,33)/t20-/m1/s1. The topological polar surface area (TPSA) is 118 Å². The van der Waals surface area contributed by atoms with Gasteiger partial charge in [-0.25, -0.2) is 9.78 Å². The number of amides is 2. The van der Waals surface area contributed by atoms with Crippen molar-refractivity contribution in [2.24, 2.45) is 5.41 Å². The van der Waals surface area contributed by atoms with Crippen molar-refractivity contribution in [2.45, 2.75) is 79.1 Å². The van der Waals surface area contributed by atoms with Gasteiger partial charge in [0, 0.05) is 26.7 Å². The van der Waals surface area contributed by atoms with E-state index in [0.717, 1.165) is 36.6 Å². The molecule has 0 aromatic carbocycles. The zero-order valence-corrected chi connectivity index (χ0v) is 23.4. The van der Waals surface area contributed by atoms with Gasteiger partial charge in [0.2, 0.25) is 5.91 Å².